The Kier molecular flexibility index (Phi) is 7.70. The number of aldehydes is 1. The Labute approximate surface area is 286 Å². The number of rotatable bonds is 8. The van der Waals surface area contributed by atoms with Crippen molar-refractivity contribution in [1.29, 1.82) is 0 Å². The third-order valence-electron chi connectivity index (χ3n) is 9.55. The number of pyridine rings is 1. The lowest BCUT2D eigenvalue weighted by molar-refractivity contribution is -0.115. The van der Waals surface area contributed by atoms with Crippen LogP contribution in [0.15, 0.2) is 65.8 Å². The molecule has 12 heteroatoms. The summed E-state index contributed by atoms with van der Waals surface area (Å²) in [6.45, 7) is 8.18. The van der Waals surface area contributed by atoms with Gasteiger partial charge in [0.2, 0.25) is 5.91 Å². The van der Waals surface area contributed by atoms with Crippen LogP contribution in [0.25, 0.3) is 16.1 Å². The van der Waals surface area contributed by atoms with Gasteiger partial charge in [0.05, 0.1) is 18.1 Å². The van der Waals surface area contributed by atoms with E-state index in [-0.39, 0.29) is 11.9 Å². The zero-order valence-corrected chi connectivity index (χ0v) is 28.3. The number of nitrogens with one attached hydrogen (secondary N) is 2. The maximum Gasteiger partial charge on any atom is 0.228 e. The molecule has 1 fully saturated rings. The molecule has 3 aromatic heterocycles. The summed E-state index contributed by atoms with van der Waals surface area (Å²) in [7, 11) is 0. The van der Waals surface area contributed by atoms with Crippen LogP contribution in [-0.2, 0) is 16.0 Å². The van der Waals surface area contributed by atoms with Gasteiger partial charge in [-0.1, -0.05) is 29.8 Å². The van der Waals surface area contributed by atoms with E-state index in [2.05, 4.69) is 56.3 Å². The van der Waals surface area contributed by atoms with Crippen LogP contribution in [0, 0.1) is 26.7 Å². The first kappa shape index (κ1) is 30.6. The van der Waals surface area contributed by atoms with Crippen LogP contribution in [0.2, 0.25) is 5.02 Å². The van der Waals surface area contributed by atoms with Crippen molar-refractivity contribution in [3.63, 3.8) is 0 Å². The van der Waals surface area contributed by atoms with Gasteiger partial charge in [-0.05, 0) is 73.9 Å². The van der Waals surface area contributed by atoms with Crippen LogP contribution < -0.4 is 15.5 Å². The molecule has 6 heterocycles. The molecule has 0 radical (unpaired) electrons. The number of halogens is 1. The van der Waals surface area contributed by atoms with E-state index in [1.165, 1.54) is 4.88 Å². The molecule has 3 aliphatic heterocycles. The zero-order valence-electron chi connectivity index (χ0n) is 26.7. The third-order valence-corrected chi connectivity index (χ3v) is 11.0. The van der Waals surface area contributed by atoms with E-state index in [4.69, 9.17) is 21.6 Å². The number of hydrogen-bond acceptors (Lipinski definition) is 9. The van der Waals surface area contributed by atoms with Crippen molar-refractivity contribution in [2.75, 3.05) is 29.9 Å². The number of aryl methyl sites for hydroxylation is 2. The first-order chi connectivity index (χ1) is 23.3. The van der Waals surface area contributed by atoms with E-state index in [0.29, 0.717) is 23.8 Å². The molecular weight excluding hydrogens is 644 g/mol. The van der Waals surface area contributed by atoms with E-state index < -0.39 is 12.0 Å². The minimum atomic E-state index is -0.528. The molecule has 0 bridgehead atoms. The largest absolute Gasteiger partial charge is 0.353 e. The number of hydrogen-bond donors (Lipinski definition) is 2. The second kappa shape index (κ2) is 12.1. The summed E-state index contributed by atoms with van der Waals surface area (Å²) in [5.74, 6) is 1.90. The fourth-order valence-electron chi connectivity index (χ4n) is 6.73. The molecule has 48 heavy (non-hydrogen) atoms. The lowest BCUT2D eigenvalue weighted by atomic mass is 9.97. The number of nitrogens with zero attached hydrogens (tertiary/aromatic N) is 6. The van der Waals surface area contributed by atoms with Crippen molar-refractivity contribution in [3.05, 3.63) is 105 Å². The fourth-order valence-corrected chi connectivity index (χ4v) is 8.07. The van der Waals surface area contributed by atoms with Crippen LogP contribution in [-0.4, -0.2) is 63.3 Å². The van der Waals surface area contributed by atoms with Gasteiger partial charge in [-0.25, -0.2) is 4.98 Å². The highest BCUT2D eigenvalue weighted by molar-refractivity contribution is 7.15. The number of benzene rings is 2. The van der Waals surface area contributed by atoms with Gasteiger partial charge >= 0.3 is 0 Å². The molecule has 10 nitrogen and oxygen atoms in total. The Hall–Kier alpha value is -4.71. The van der Waals surface area contributed by atoms with Crippen LogP contribution >= 0.6 is 22.9 Å². The molecule has 1 unspecified atom stereocenters. The number of amides is 1. The van der Waals surface area contributed by atoms with E-state index in [1.54, 1.807) is 11.3 Å². The van der Waals surface area contributed by atoms with Gasteiger partial charge in [0, 0.05) is 64.2 Å². The van der Waals surface area contributed by atoms with Gasteiger partial charge in [0.25, 0.3) is 0 Å². The van der Waals surface area contributed by atoms with E-state index in [0.717, 1.165) is 80.8 Å². The standard InChI is InChI=1S/C36H33ClN8O2S/c1-19-20(2)48-36-32(19)33(22-4-8-27(37)9-5-22)41-34(35-43-42-21(3)45(35)36)26(18-46)15-38-28-16-44(17-28)30-11-7-24(14-39-30)23-6-10-29-25(12-23)13-31(47)40-29/h4-12,14,18,26,28,34,38H,13,15-17H2,1-3H3,(H,40,47)/t26?,34-/m0/s1. The van der Waals surface area contributed by atoms with E-state index >= 15 is 0 Å². The molecular formula is C36H33ClN8O2S. The van der Waals surface area contributed by atoms with Gasteiger partial charge in [-0.15, -0.1) is 21.5 Å². The van der Waals surface area contributed by atoms with Crippen molar-refractivity contribution < 1.29 is 9.59 Å². The Morgan fingerprint density at radius 3 is 2.56 bits per heavy atom. The van der Waals surface area contributed by atoms with Gasteiger partial charge in [-0.3, -0.25) is 14.4 Å². The number of carbonyl (C=O) groups excluding carboxylic acids is 2. The minimum absolute atomic E-state index is 0.0288. The van der Waals surface area contributed by atoms with Crippen LogP contribution in [0.4, 0.5) is 11.5 Å². The fraction of sp³-hybridized carbons (Fsp3) is 0.278. The lowest BCUT2D eigenvalue weighted by Crippen LogP contribution is -2.59. The van der Waals surface area contributed by atoms with E-state index in [1.807, 2.05) is 55.6 Å². The molecule has 8 rings (SSSR count). The monoisotopic (exact) mass is 676 g/mol. The second-order valence-corrected chi connectivity index (χ2v) is 14.3. The highest BCUT2D eigenvalue weighted by Crippen LogP contribution is 2.40. The Balaban J connectivity index is 0.991. The highest BCUT2D eigenvalue weighted by Gasteiger charge is 2.36. The first-order valence-electron chi connectivity index (χ1n) is 16.0. The first-order valence-corrected chi connectivity index (χ1v) is 17.2. The number of fused-ring (bicyclic) bond motifs is 4. The molecule has 0 spiro atoms. The molecule has 2 atom stereocenters. The predicted octanol–water partition coefficient (Wildman–Crippen LogP) is 5.65. The molecule has 2 N–H and O–H groups in total. The Bertz CT molecular complexity index is 2100. The summed E-state index contributed by atoms with van der Waals surface area (Å²) in [6.07, 6.45) is 3.29. The number of anilines is 2. The summed E-state index contributed by atoms with van der Waals surface area (Å²) in [5, 5.41) is 17.2. The topological polar surface area (TPSA) is 117 Å². The van der Waals surface area contributed by atoms with Crippen LogP contribution in [0.5, 0.6) is 0 Å². The summed E-state index contributed by atoms with van der Waals surface area (Å²) in [6, 6.07) is 17.5. The van der Waals surface area contributed by atoms with Crippen molar-refractivity contribution in [3.8, 4) is 16.1 Å². The number of carbonyl (C=O) groups is 2. The normalized spacial score (nSPS) is 17.5. The quantitative estimate of drug-likeness (QED) is 0.204. The number of aliphatic imine (C=N–C) groups is 1. The minimum Gasteiger partial charge on any atom is -0.353 e. The summed E-state index contributed by atoms with van der Waals surface area (Å²) < 4.78 is 2.08. The van der Waals surface area contributed by atoms with Gasteiger partial charge < -0.3 is 20.3 Å². The van der Waals surface area contributed by atoms with Crippen molar-refractivity contribution >= 4 is 52.3 Å². The number of aromatic nitrogens is 4. The average Bonchev–Trinajstić information content (AvgIpc) is 3.69. The summed E-state index contributed by atoms with van der Waals surface area (Å²) >= 11 is 7.95. The second-order valence-electron chi connectivity index (χ2n) is 12.6. The van der Waals surface area contributed by atoms with Gasteiger partial charge in [0.15, 0.2) is 5.82 Å². The lowest BCUT2D eigenvalue weighted by Gasteiger charge is -2.41. The van der Waals surface area contributed by atoms with Gasteiger partial charge in [-0.2, -0.15) is 0 Å². The van der Waals surface area contributed by atoms with Gasteiger partial charge in [0.1, 0.15) is 29.0 Å². The van der Waals surface area contributed by atoms with Crippen LogP contribution in [0.1, 0.15) is 44.8 Å². The zero-order chi connectivity index (χ0) is 33.1. The van der Waals surface area contributed by atoms with Crippen molar-refractivity contribution in [2.45, 2.75) is 39.3 Å². The maximum atomic E-state index is 12.8. The van der Waals surface area contributed by atoms with Crippen LogP contribution in [0.3, 0.4) is 0 Å². The van der Waals surface area contributed by atoms with E-state index in [9.17, 15) is 9.59 Å². The molecule has 1 saturated heterocycles. The highest BCUT2D eigenvalue weighted by atomic mass is 35.5. The third kappa shape index (κ3) is 5.32. The summed E-state index contributed by atoms with van der Waals surface area (Å²) in [5.41, 5.74) is 7.92. The molecule has 1 amide bonds. The van der Waals surface area contributed by atoms with Crippen molar-refractivity contribution in [2.24, 2.45) is 10.9 Å². The average molecular weight is 677 g/mol. The molecule has 0 aliphatic carbocycles. The predicted molar refractivity (Wildman–Crippen MR) is 189 cm³/mol. The Morgan fingerprint density at radius 1 is 1.04 bits per heavy atom. The number of thiophene rings is 1. The molecule has 242 valence electrons. The molecule has 3 aliphatic rings. The maximum absolute atomic E-state index is 12.8. The molecule has 0 saturated carbocycles. The smallest absolute Gasteiger partial charge is 0.228 e. The molecule has 2 aromatic carbocycles. The summed E-state index contributed by atoms with van der Waals surface area (Å²) in [4.78, 5) is 38.0. The Morgan fingerprint density at radius 2 is 1.81 bits per heavy atom. The SMILES string of the molecule is Cc1sc2c(c1C)C(c1ccc(Cl)cc1)=N[C@@H](C(C=O)CNC1CN(c3ccc(-c4ccc5c(c4)CC(=O)N5)cn3)C1)c1nnc(C)n1-2. The van der Waals surface area contributed by atoms with Crippen molar-refractivity contribution in [1.82, 2.24) is 25.1 Å². The molecule has 5 aromatic rings.